The van der Waals surface area contributed by atoms with Crippen LogP contribution in [0.2, 0.25) is 0 Å². The van der Waals surface area contributed by atoms with E-state index in [2.05, 4.69) is 10.5 Å². The summed E-state index contributed by atoms with van der Waals surface area (Å²) in [6.07, 6.45) is 1.48. The molecule has 1 aromatic carbocycles. The normalized spacial score (nSPS) is 10.6. The van der Waals surface area contributed by atoms with Gasteiger partial charge >= 0.3 is 5.91 Å². The zero-order chi connectivity index (χ0) is 15.2. The molecule has 0 bridgehead atoms. The number of rotatable bonds is 5. The highest BCUT2D eigenvalue weighted by molar-refractivity contribution is 5.93. The van der Waals surface area contributed by atoms with Gasteiger partial charge < -0.3 is 13.9 Å². The van der Waals surface area contributed by atoms with E-state index in [0.29, 0.717) is 22.8 Å². The molecule has 1 amide bonds. The Kier molecular flexibility index (Phi) is 4.61. The summed E-state index contributed by atoms with van der Waals surface area (Å²) < 4.78 is 15.7. The van der Waals surface area contributed by atoms with Gasteiger partial charge in [0.2, 0.25) is 0 Å². The van der Waals surface area contributed by atoms with Crippen molar-refractivity contribution in [2.24, 2.45) is 5.10 Å². The molecule has 0 saturated heterocycles. The van der Waals surface area contributed by atoms with Crippen molar-refractivity contribution in [3.63, 3.8) is 0 Å². The van der Waals surface area contributed by atoms with Crippen LogP contribution in [0.25, 0.3) is 0 Å². The molecule has 0 aliphatic carbocycles. The molecule has 0 spiro atoms. The molecule has 6 heteroatoms. The fourth-order valence-electron chi connectivity index (χ4n) is 1.79. The van der Waals surface area contributed by atoms with Gasteiger partial charge in [-0.2, -0.15) is 5.10 Å². The number of carbonyl (C=O) groups excluding carboxylic acids is 1. The summed E-state index contributed by atoms with van der Waals surface area (Å²) in [5.41, 5.74) is 3.08. The first-order valence-corrected chi connectivity index (χ1v) is 6.26. The van der Waals surface area contributed by atoms with Crippen molar-refractivity contribution in [2.75, 3.05) is 14.2 Å². The first kappa shape index (κ1) is 14.6. The number of para-hydroxylation sites is 1. The molecule has 2 aromatic rings. The van der Waals surface area contributed by atoms with Crippen LogP contribution >= 0.6 is 0 Å². The van der Waals surface area contributed by atoms with Gasteiger partial charge in [-0.3, -0.25) is 4.79 Å². The second kappa shape index (κ2) is 6.60. The Morgan fingerprint density at radius 1 is 1.24 bits per heavy atom. The van der Waals surface area contributed by atoms with Crippen molar-refractivity contribution in [3.05, 3.63) is 47.4 Å². The van der Waals surface area contributed by atoms with Crippen LogP contribution in [0, 0.1) is 6.92 Å². The lowest BCUT2D eigenvalue weighted by molar-refractivity contribution is 0.0926. The quantitative estimate of drug-likeness (QED) is 0.677. The van der Waals surface area contributed by atoms with Gasteiger partial charge in [-0.05, 0) is 31.2 Å². The lowest BCUT2D eigenvalue weighted by atomic mass is 10.2. The van der Waals surface area contributed by atoms with Crippen LogP contribution in [0.1, 0.15) is 21.9 Å². The second-order valence-electron chi connectivity index (χ2n) is 4.19. The number of carbonyl (C=O) groups is 1. The van der Waals surface area contributed by atoms with Gasteiger partial charge in [0.25, 0.3) is 0 Å². The summed E-state index contributed by atoms with van der Waals surface area (Å²) in [7, 11) is 3.10. The van der Waals surface area contributed by atoms with Crippen LogP contribution < -0.4 is 14.9 Å². The van der Waals surface area contributed by atoms with Gasteiger partial charge in [-0.25, -0.2) is 5.43 Å². The molecule has 0 atom stereocenters. The maximum atomic E-state index is 11.8. The third kappa shape index (κ3) is 3.42. The highest BCUT2D eigenvalue weighted by atomic mass is 16.5. The highest BCUT2D eigenvalue weighted by Gasteiger charge is 2.09. The van der Waals surface area contributed by atoms with Crippen LogP contribution in [-0.2, 0) is 0 Å². The molecule has 0 saturated carbocycles. The topological polar surface area (TPSA) is 73.1 Å². The highest BCUT2D eigenvalue weighted by Crippen LogP contribution is 2.29. The van der Waals surface area contributed by atoms with E-state index in [4.69, 9.17) is 13.9 Å². The average molecular weight is 288 g/mol. The SMILES string of the molecule is COc1cccc(C=NNC(=O)c2ccc(C)o2)c1OC. The molecular formula is C15H16N2O4. The molecule has 1 heterocycles. The van der Waals surface area contributed by atoms with Crippen LogP contribution in [0.15, 0.2) is 39.9 Å². The number of furan rings is 1. The third-order valence-corrected chi connectivity index (χ3v) is 2.77. The molecule has 2 rings (SSSR count). The maximum absolute atomic E-state index is 11.8. The van der Waals surface area contributed by atoms with Gasteiger partial charge in [0, 0.05) is 5.56 Å². The molecule has 0 aliphatic heterocycles. The molecular weight excluding hydrogens is 272 g/mol. The Labute approximate surface area is 122 Å². The molecule has 0 fully saturated rings. The minimum atomic E-state index is -0.416. The van der Waals surface area contributed by atoms with E-state index in [9.17, 15) is 4.79 Å². The first-order valence-electron chi connectivity index (χ1n) is 6.26. The molecule has 1 N–H and O–H groups in total. The zero-order valence-electron chi connectivity index (χ0n) is 12.0. The van der Waals surface area contributed by atoms with Crippen molar-refractivity contribution in [3.8, 4) is 11.5 Å². The van der Waals surface area contributed by atoms with E-state index in [0.717, 1.165) is 0 Å². The van der Waals surface area contributed by atoms with E-state index in [1.165, 1.54) is 6.21 Å². The van der Waals surface area contributed by atoms with E-state index in [-0.39, 0.29) is 5.76 Å². The fraction of sp³-hybridized carbons (Fsp3) is 0.200. The Bertz CT molecular complexity index is 661. The standard InChI is InChI=1S/C15H16N2O4/c1-10-7-8-13(21-10)15(18)17-16-9-11-5-4-6-12(19-2)14(11)20-3/h4-9H,1-3H3,(H,17,18). The number of nitrogens with zero attached hydrogens (tertiary/aromatic N) is 1. The van der Waals surface area contributed by atoms with Crippen molar-refractivity contribution < 1.29 is 18.7 Å². The van der Waals surface area contributed by atoms with Crippen molar-refractivity contribution in [1.29, 1.82) is 0 Å². The molecule has 0 radical (unpaired) electrons. The largest absolute Gasteiger partial charge is 0.493 e. The fourth-order valence-corrected chi connectivity index (χ4v) is 1.79. The number of aryl methyl sites for hydroxylation is 1. The van der Waals surface area contributed by atoms with Crippen LogP contribution in [0.4, 0.5) is 0 Å². The summed E-state index contributed by atoms with van der Waals surface area (Å²) in [5.74, 6) is 1.60. The second-order valence-corrected chi connectivity index (χ2v) is 4.19. The Morgan fingerprint density at radius 3 is 2.67 bits per heavy atom. The smallest absolute Gasteiger partial charge is 0.307 e. The molecule has 0 unspecified atom stereocenters. The monoisotopic (exact) mass is 288 g/mol. The zero-order valence-corrected chi connectivity index (χ0v) is 12.0. The van der Waals surface area contributed by atoms with Gasteiger partial charge in [-0.15, -0.1) is 0 Å². The number of nitrogens with one attached hydrogen (secondary N) is 1. The Morgan fingerprint density at radius 2 is 2.05 bits per heavy atom. The van der Waals surface area contributed by atoms with Crippen molar-refractivity contribution in [1.82, 2.24) is 5.43 Å². The number of hydrazone groups is 1. The third-order valence-electron chi connectivity index (χ3n) is 2.77. The Hall–Kier alpha value is -2.76. The maximum Gasteiger partial charge on any atom is 0.307 e. The van der Waals surface area contributed by atoms with Crippen molar-refractivity contribution in [2.45, 2.75) is 6.92 Å². The Balaban J connectivity index is 2.09. The van der Waals surface area contributed by atoms with Gasteiger partial charge in [0.05, 0.1) is 20.4 Å². The number of methoxy groups -OCH3 is 2. The molecule has 21 heavy (non-hydrogen) atoms. The molecule has 0 aliphatic rings. The summed E-state index contributed by atoms with van der Waals surface area (Å²) in [4.78, 5) is 11.8. The number of hydrogen-bond acceptors (Lipinski definition) is 5. The van der Waals surface area contributed by atoms with E-state index >= 15 is 0 Å². The number of ether oxygens (including phenoxy) is 2. The average Bonchev–Trinajstić information content (AvgIpc) is 2.93. The molecule has 1 aromatic heterocycles. The molecule has 110 valence electrons. The molecule has 6 nitrogen and oxygen atoms in total. The number of hydrogen-bond donors (Lipinski definition) is 1. The van der Waals surface area contributed by atoms with Crippen LogP contribution in [-0.4, -0.2) is 26.3 Å². The summed E-state index contributed by atoms with van der Waals surface area (Å²) in [6.45, 7) is 1.77. The lowest BCUT2D eigenvalue weighted by Crippen LogP contribution is -2.16. The predicted octanol–water partition coefficient (Wildman–Crippen LogP) is 2.37. The summed E-state index contributed by atoms with van der Waals surface area (Å²) in [6, 6.07) is 8.69. The summed E-state index contributed by atoms with van der Waals surface area (Å²) >= 11 is 0. The van der Waals surface area contributed by atoms with Gasteiger partial charge in [-0.1, -0.05) is 6.07 Å². The van der Waals surface area contributed by atoms with Crippen LogP contribution in [0.3, 0.4) is 0 Å². The van der Waals surface area contributed by atoms with Gasteiger partial charge in [0.1, 0.15) is 5.76 Å². The first-order chi connectivity index (χ1) is 10.2. The van der Waals surface area contributed by atoms with E-state index in [1.807, 2.05) is 0 Å². The van der Waals surface area contributed by atoms with E-state index in [1.54, 1.807) is 51.5 Å². The number of benzene rings is 1. The summed E-state index contributed by atoms with van der Waals surface area (Å²) in [5, 5.41) is 3.89. The lowest BCUT2D eigenvalue weighted by Gasteiger charge is -2.09. The predicted molar refractivity (Wildman–Crippen MR) is 78.1 cm³/mol. The minimum Gasteiger partial charge on any atom is -0.493 e. The van der Waals surface area contributed by atoms with Crippen molar-refractivity contribution >= 4 is 12.1 Å². The minimum absolute atomic E-state index is 0.210. The number of amides is 1. The van der Waals surface area contributed by atoms with Crippen LogP contribution in [0.5, 0.6) is 11.5 Å². The van der Waals surface area contributed by atoms with E-state index < -0.39 is 5.91 Å². The van der Waals surface area contributed by atoms with Gasteiger partial charge in [0.15, 0.2) is 17.3 Å².